The van der Waals surface area contributed by atoms with Crippen molar-refractivity contribution < 1.29 is 4.79 Å². The third-order valence-electron chi connectivity index (χ3n) is 4.74. The van der Waals surface area contributed by atoms with Crippen molar-refractivity contribution in [1.29, 1.82) is 0 Å². The molecule has 2 rings (SSSR count). The van der Waals surface area contributed by atoms with Gasteiger partial charge in [0.05, 0.1) is 6.04 Å². The Hall–Kier alpha value is -1.35. The fraction of sp³-hybridized carbons (Fsp3) is 0.611. The number of hydrogen-bond donors (Lipinski definition) is 2. The monoisotopic (exact) mass is 288 g/mol. The molecule has 0 bridgehead atoms. The summed E-state index contributed by atoms with van der Waals surface area (Å²) in [5, 5.41) is 3.04. The summed E-state index contributed by atoms with van der Waals surface area (Å²) in [5.41, 5.74) is 7.11. The minimum Gasteiger partial charge on any atom is -0.354 e. The second kappa shape index (κ2) is 8.18. The van der Waals surface area contributed by atoms with Gasteiger partial charge in [0.15, 0.2) is 0 Å². The first kappa shape index (κ1) is 16.0. The molecule has 0 spiro atoms. The maximum absolute atomic E-state index is 12.1. The summed E-state index contributed by atoms with van der Waals surface area (Å²) in [6, 6.07) is 9.51. The van der Waals surface area contributed by atoms with Crippen LogP contribution in [0.1, 0.15) is 44.6 Å². The van der Waals surface area contributed by atoms with E-state index in [1.165, 1.54) is 32.1 Å². The first-order valence-electron chi connectivity index (χ1n) is 8.26. The molecule has 0 radical (unpaired) electrons. The predicted octanol–water partition coefficient (Wildman–Crippen LogP) is 2.89. The molecule has 1 atom stereocenters. The van der Waals surface area contributed by atoms with Crippen LogP contribution in [0.5, 0.6) is 0 Å². The minimum absolute atomic E-state index is 0.0172. The van der Waals surface area contributed by atoms with E-state index in [9.17, 15) is 4.79 Å². The third kappa shape index (κ3) is 5.16. The van der Waals surface area contributed by atoms with Crippen LogP contribution >= 0.6 is 0 Å². The summed E-state index contributed by atoms with van der Waals surface area (Å²) in [7, 11) is 0. The lowest BCUT2D eigenvalue weighted by Crippen LogP contribution is -2.44. The van der Waals surface area contributed by atoms with Crippen LogP contribution in [0.2, 0.25) is 0 Å². The third-order valence-corrected chi connectivity index (χ3v) is 4.74. The molecule has 1 aromatic rings. The molecule has 3 heteroatoms. The summed E-state index contributed by atoms with van der Waals surface area (Å²) in [6.07, 6.45) is 7.01. The van der Waals surface area contributed by atoms with Gasteiger partial charge in [0.2, 0.25) is 5.91 Å². The van der Waals surface area contributed by atoms with Crippen LogP contribution < -0.4 is 11.1 Å². The van der Waals surface area contributed by atoms with Crippen molar-refractivity contribution in [2.24, 2.45) is 17.6 Å². The molecule has 1 aromatic carbocycles. The molecule has 1 saturated carbocycles. The van der Waals surface area contributed by atoms with E-state index in [1.807, 2.05) is 30.3 Å². The normalized spacial score (nSPS) is 23.5. The molecule has 0 aromatic heterocycles. The molecule has 1 amide bonds. The van der Waals surface area contributed by atoms with E-state index >= 15 is 0 Å². The van der Waals surface area contributed by atoms with Gasteiger partial charge in [-0.3, -0.25) is 4.79 Å². The predicted molar refractivity (Wildman–Crippen MR) is 86.9 cm³/mol. The Morgan fingerprint density at radius 2 is 1.81 bits per heavy atom. The van der Waals surface area contributed by atoms with Gasteiger partial charge in [-0.2, -0.15) is 0 Å². The Bertz CT molecular complexity index is 424. The molecule has 1 aliphatic rings. The molecule has 0 saturated heterocycles. The van der Waals surface area contributed by atoms with Crippen LogP contribution in [0, 0.1) is 11.8 Å². The van der Waals surface area contributed by atoms with Crippen LogP contribution in [0.4, 0.5) is 0 Å². The van der Waals surface area contributed by atoms with Crippen molar-refractivity contribution in [1.82, 2.24) is 5.32 Å². The summed E-state index contributed by atoms with van der Waals surface area (Å²) >= 11 is 0. The molecule has 1 fully saturated rings. The summed E-state index contributed by atoms with van der Waals surface area (Å²) in [6.45, 7) is 3.06. The zero-order valence-corrected chi connectivity index (χ0v) is 13.1. The number of carbonyl (C=O) groups excluding carboxylic acids is 1. The Balaban J connectivity index is 1.69. The highest BCUT2D eigenvalue weighted by Gasteiger charge is 2.21. The average molecular weight is 288 g/mol. The van der Waals surface area contributed by atoms with Crippen molar-refractivity contribution in [3.63, 3.8) is 0 Å². The van der Waals surface area contributed by atoms with Gasteiger partial charge in [0, 0.05) is 6.54 Å². The molecule has 21 heavy (non-hydrogen) atoms. The Kier molecular flexibility index (Phi) is 6.24. The Labute approximate surface area is 128 Å². The van der Waals surface area contributed by atoms with Crippen LogP contribution in [-0.4, -0.2) is 18.5 Å². The summed E-state index contributed by atoms with van der Waals surface area (Å²) in [4.78, 5) is 12.1. The van der Waals surface area contributed by atoms with E-state index in [0.717, 1.165) is 18.0 Å². The van der Waals surface area contributed by atoms with E-state index in [2.05, 4.69) is 12.2 Å². The molecule has 0 heterocycles. The van der Waals surface area contributed by atoms with E-state index in [1.54, 1.807) is 0 Å². The number of rotatable bonds is 6. The number of carbonyl (C=O) groups is 1. The van der Waals surface area contributed by atoms with Gasteiger partial charge in [-0.1, -0.05) is 56.5 Å². The highest BCUT2D eigenvalue weighted by Crippen LogP contribution is 2.30. The lowest BCUT2D eigenvalue weighted by atomic mass is 9.81. The highest BCUT2D eigenvalue weighted by molar-refractivity contribution is 5.81. The van der Waals surface area contributed by atoms with Gasteiger partial charge >= 0.3 is 0 Å². The number of nitrogens with two attached hydrogens (primary N) is 1. The zero-order valence-electron chi connectivity index (χ0n) is 13.1. The van der Waals surface area contributed by atoms with Crippen LogP contribution in [-0.2, 0) is 11.2 Å². The summed E-state index contributed by atoms with van der Waals surface area (Å²) in [5.74, 6) is 1.52. The number of benzene rings is 1. The van der Waals surface area contributed by atoms with Gasteiger partial charge in [-0.05, 0) is 36.7 Å². The first-order chi connectivity index (χ1) is 10.2. The number of nitrogens with one attached hydrogen (secondary N) is 1. The Morgan fingerprint density at radius 3 is 2.43 bits per heavy atom. The first-order valence-corrected chi connectivity index (χ1v) is 8.26. The van der Waals surface area contributed by atoms with Gasteiger partial charge in [-0.15, -0.1) is 0 Å². The number of hydrogen-bond acceptors (Lipinski definition) is 2. The fourth-order valence-corrected chi connectivity index (χ4v) is 3.18. The van der Waals surface area contributed by atoms with Crippen molar-refractivity contribution in [3.05, 3.63) is 35.9 Å². The molecular weight excluding hydrogens is 260 g/mol. The minimum atomic E-state index is -0.445. The maximum atomic E-state index is 12.1. The lowest BCUT2D eigenvalue weighted by molar-refractivity contribution is -0.122. The average Bonchev–Trinajstić information content (AvgIpc) is 2.54. The Morgan fingerprint density at radius 1 is 1.19 bits per heavy atom. The molecule has 0 aliphatic heterocycles. The maximum Gasteiger partial charge on any atom is 0.237 e. The van der Waals surface area contributed by atoms with E-state index in [0.29, 0.717) is 12.3 Å². The van der Waals surface area contributed by atoms with Gasteiger partial charge in [0.1, 0.15) is 0 Å². The smallest absolute Gasteiger partial charge is 0.237 e. The fourth-order valence-electron chi connectivity index (χ4n) is 3.18. The second-order valence-corrected chi connectivity index (χ2v) is 6.34. The molecular formula is C18H28N2O. The summed E-state index contributed by atoms with van der Waals surface area (Å²) < 4.78 is 0. The van der Waals surface area contributed by atoms with Crippen molar-refractivity contribution >= 4 is 5.91 Å². The van der Waals surface area contributed by atoms with Crippen LogP contribution in [0.3, 0.4) is 0 Å². The van der Waals surface area contributed by atoms with Gasteiger partial charge in [0.25, 0.3) is 0 Å². The second-order valence-electron chi connectivity index (χ2n) is 6.34. The van der Waals surface area contributed by atoms with E-state index in [4.69, 9.17) is 5.73 Å². The van der Waals surface area contributed by atoms with Crippen molar-refractivity contribution in [3.8, 4) is 0 Å². The van der Waals surface area contributed by atoms with E-state index < -0.39 is 6.04 Å². The molecule has 3 N–H and O–H groups in total. The topological polar surface area (TPSA) is 55.1 Å². The molecule has 3 nitrogen and oxygen atoms in total. The van der Waals surface area contributed by atoms with Gasteiger partial charge < -0.3 is 11.1 Å². The van der Waals surface area contributed by atoms with Gasteiger partial charge in [-0.25, -0.2) is 0 Å². The lowest BCUT2D eigenvalue weighted by Gasteiger charge is -2.28. The molecule has 116 valence electrons. The largest absolute Gasteiger partial charge is 0.354 e. The molecule has 1 aliphatic carbocycles. The van der Waals surface area contributed by atoms with Crippen LogP contribution in [0.15, 0.2) is 30.3 Å². The SMILES string of the molecule is CCC1CCC(CNC(=O)C(N)Cc2ccccc2)CC1. The standard InChI is InChI=1S/C18H28N2O/c1-2-14-8-10-16(11-9-14)13-20-18(21)17(19)12-15-6-4-3-5-7-15/h3-7,14,16-17H,2,8-13,19H2,1H3,(H,20,21). The molecule has 1 unspecified atom stereocenters. The van der Waals surface area contributed by atoms with Crippen molar-refractivity contribution in [2.75, 3.05) is 6.54 Å². The quantitative estimate of drug-likeness (QED) is 0.845. The number of amides is 1. The van der Waals surface area contributed by atoms with E-state index in [-0.39, 0.29) is 5.91 Å². The highest BCUT2D eigenvalue weighted by atomic mass is 16.2. The van der Waals surface area contributed by atoms with Crippen molar-refractivity contribution in [2.45, 2.75) is 51.5 Å². The zero-order chi connectivity index (χ0) is 15.1. The van der Waals surface area contributed by atoms with Crippen LogP contribution in [0.25, 0.3) is 0 Å².